The molecule has 0 radical (unpaired) electrons. The van der Waals surface area contributed by atoms with Gasteiger partial charge in [0.05, 0.1) is 11.3 Å². The van der Waals surface area contributed by atoms with Crippen LogP contribution in [0.2, 0.25) is 0 Å². The summed E-state index contributed by atoms with van der Waals surface area (Å²) < 4.78 is 1.91. The van der Waals surface area contributed by atoms with Gasteiger partial charge in [0.2, 0.25) is 0 Å². The summed E-state index contributed by atoms with van der Waals surface area (Å²) in [6.45, 7) is 7.17. The SMILES string of the molecule is CCCCCn1c(C(C)C)ccc(-c2csc(N)n2)c1=O. The van der Waals surface area contributed by atoms with E-state index in [1.807, 2.05) is 22.1 Å². The first-order chi connectivity index (χ1) is 10.0. The van der Waals surface area contributed by atoms with Gasteiger partial charge in [-0.05, 0) is 24.5 Å². The van der Waals surface area contributed by atoms with E-state index in [2.05, 4.69) is 25.8 Å². The van der Waals surface area contributed by atoms with Crippen LogP contribution in [-0.2, 0) is 6.54 Å². The Morgan fingerprint density at radius 1 is 1.33 bits per heavy atom. The quantitative estimate of drug-likeness (QED) is 0.824. The molecule has 0 aliphatic carbocycles. The number of nitrogen functional groups attached to an aromatic ring is 1. The van der Waals surface area contributed by atoms with Crippen LogP contribution in [0.15, 0.2) is 22.3 Å². The van der Waals surface area contributed by atoms with Crippen molar-refractivity contribution in [2.45, 2.75) is 52.5 Å². The average Bonchev–Trinajstić information content (AvgIpc) is 2.86. The van der Waals surface area contributed by atoms with E-state index in [9.17, 15) is 4.79 Å². The van der Waals surface area contributed by atoms with Crippen LogP contribution < -0.4 is 11.3 Å². The first kappa shape index (κ1) is 15.8. The van der Waals surface area contributed by atoms with Crippen molar-refractivity contribution in [1.82, 2.24) is 9.55 Å². The van der Waals surface area contributed by atoms with Crippen molar-refractivity contribution in [3.8, 4) is 11.3 Å². The van der Waals surface area contributed by atoms with Gasteiger partial charge >= 0.3 is 0 Å². The highest BCUT2D eigenvalue weighted by molar-refractivity contribution is 7.13. The standard InChI is InChI=1S/C16H23N3OS/c1-4-5-6-9-19-14(11(2)3)8-7-12(15(19)20)13-10-21-16(17)18-13/h7-8,10-11H,4-6,9H2,1-3H3,(H2,17,18). The molecule has 2 aromatic rings. The predicted molar refractivity (Wildman–Crippen MR) is 89.8 cm³/mol. The Morgan fingerprint density at radius 2 is 2.10 bits per heavy atom. The summed E-state index contributed by atoms with van der Waals surface area (Å²) in [5.74, 6) is 0.328. The lowest BCUT2D eigenvalue weighted by atomic mass is 10.1. The molecular weight excluding hydrogens is 282 g/mol. The fourth-order valence-corrected chi connectivity index (χ4v) is 3.02. The van der Waals surface area contributed by atoms with E-state index in [-0.39, 0.29) is 5.56 Å². The molecule has 2 N–H and O–H groups in total. The Morgan fingerprint density at radius 3 is 2.67 bits per heavy atom. The third-order valence-electron chi connectivity index (χ3n) is 3.58. The number of aromatic nitrogens is 2. The van der Waals surface area contributed by atoms with Crippen LogP contribution in [0.25, 0.3) is 11.3 Å². The number of hydrogen-bond acceptors (Lipinski definition) is 4. The molecule has 0 unspecified atom stereocenters. The summed E-state index contributed by atoms with van der Waals surface area (Å²) in [5.41, 5.74) is 8.13. The predicted octanol–water partition coefficient (Wildman–Crippen LogP) is 3.87. The fraction of sp³-hybridized carbons (Fsp3) is 0.500. The topological polar surface area (TPSA) is 60.9 Å². The molecular formula is C16H23N3OS. The second-order valence-electron chi connectivity index (χ2n) is 5.56. The van der Waals surface area contributed by atoms with E-state index in [0.717, 1.165) is 31.5 Å². The summed E-state index contributed by atoms with van der Waals surface area (Å²) in [7, 11) is 0. The third-order valence-corrected chi connectivity index (χ3v) is 4.26. The number of unbranched alkanes of at least 4 members (excludes halogenated alkanes) is 2. The number of thiazole rings is 1. The Kier molecular flexibility index (Phi) is 5.17. The van der Waals surface area contributed by atoms with Crippen LogP contribution in [0.4, 0.5) is 5.13 Å². The molecule has 2 heterocycles. The molecule has 0 aliphatic rings. The Labute approximate surface area is 129 Å². The molecule has 114 valence electrons. The highest BCUT2D eigenvalue weighted by atomic mass is 32.1. The first-order valence-electron chi connectivity index (χ1n) is 7.49. The maximum Gasteiger partial charge on any atom is 0.260 e. The van der Waals surface area contributed by atoms with Crippen LogP contribution in [0.1, 0.15) is 51.6 Å². The molecule has 0 atom stereocenters. The van der Waals surface area contributed by atoms with Gasteiger partial charge < -0.3 is 10.3 Å². The first-order valence-corrected chi connectivity index (χ1v) is 8.37. The number of hydrogen-bond donors (Lipinski definition) is 1. The maximum absolute atomic E-state index is 12.8. The Hall–Kier alpha value is -1.62. The highest BCUT2D eigenvalue weighted by Crippen LogP contribution is 2.22. The Balaban J connectivity index is 2.45. The number of nitrogens with two attached hydrogens (primary N) is 1. The van der Waals surface area contributed by atoms with Gasteiger partial charge in [-0.3, -0.25) is 4.79 Å². The monoisotopic (exact) mass is 305 g/mol. The zero-order valence-electron chi connectivity index (χ0n) is 12.9. The Bertz CT molecular complexity index is 658. The molecule has 0 saturated carbocycles. The molecule has 5 heteroatoms. The summed E-state index contributed by atoms with van der Waals surface area (Å²) in [4.78, 5) is 17.0. The zero-order chi connectivity index (χ0) is 15.4. The number of pyridine rings is 1. The third kappa shape index (κ3) is 3.53. The molecule has 0 bridgehead atoms. The van der Waals surface area contributed by atoms with E-state index < -0.39 is 0 Å². The van der Waals surface area contributed by atoms with Gasteiger partial charge in [-0.2, -0.15) is 0 Å². The number of rotatable bonds is 6. The average molecular weight is 305 g/mol. The normalized spacial score (nSPS) is 11.2. The second kappa shape index (κ2) is 6.89. The van der Waals surface area contributed by atoms with Gasteiger partial charge in [0.1, 0.15) is 0 Å². The van der Waals surface area contributed by atoms with Crippen LogP contribution in [-0.4, -0.2) is 9.55 Å². The van der Waals surface area contributed by atoms with Gasteiger partial charge in [0, 0.05) is 17.6 Å². The van der Waals surface area contributed by atoms with Crippen molar-refractivity contribution >= 4 is 16.5 Å². The molecule has 2 aromatic heterocycles. The maximum atomic E-state index is 12.8. The number of anilines is 1. The minimum absolute atomic E-state index is 0.0441. The van der Waals surface area contributed by atoms with Crippen LogP contribution in [0.3, 0.4) is 0 Å². The van der Waals surface area contributed by atoms with Crippen molar-refractivity contribution < 1.29 is 0 Å². The molecule has 0 aliphatic heterocycles. The molecule has 21 heavy (non-hydrogen) atoms. The van der Waals surface area contributed by atoms with Gasteiger partial charge in [0.25, 0.3) is 5.56 Å². The van der Waals surface area contributed by atoms with Crippen molar-refractivity contribution in [2.24, 2.45) is 0 Å². The molecule has 0 saturated heterocycles. The summed E-state index contributed by atoms with van der Waals surface area (Å²) in [5, 5.41) is 2.34. The van der Waals surface area contributed by atoms with Gasteiger partial charge in [-0.1, -0.05) is 33.6 Å². The molecule has 0 amide bonds. The van der Waals surface area contributed by atoms with Crippen molar-refractivity contribution in [2.75, 3.05) is 5.73 Å². The summed E-state index contributed by atoms with van der Waals surface area (Å²) >= 11 is 1.36. The zero-order valence-corrected chi connectivity index (χ0v) is 13.7. The van der Waals surface area contributed by atoms with Crippen LogP contribution in [0, 0.1) is 0 Å². The number of nitrogens with zero attached hydrogens (tertiary/aromatic N) is 2. The highest BCUT2D eigenvalue weighted by Gasteiger charge is 2.14. The van der Waals surface area contributed by atoms with E-state index in [0.29, 0.717) is 22.3 Å². The molecule has 0 spiro atoms. The fourth-order valence-electron chi connectivity index (χ4n) is 2.45. The minimum atomic E-state index is 0.0441. The molecule has 2 rings (SSSR count). The molecule has 4 nitrogen and oxygen atoms in total. The lowest BCUT2D eigenvalue weighted by molar-refractivity contribution is 0.554. The van der Waals surface area contributed by atoms with Crippen LogP contribution >= 0.6 is 11.3 Å². The van der Waals surface area contributed by atoms with Crippen LogP contribution in [0.5, 0.6) is 0 Å². The lowest BCUT2D eigenvalue weighted by Crippen LogP contribution is -2.25. The lowest BCUT2D eigenvalue weighted by Gasteiger charge is -2.16. The van der Waals surface area contributed by atoms with Gasteiger partial charge in [-0.25, -0.2) is 4.98 Å². The van der Waals surface area contributed by atoms with E-state index in [4.69, 9.17) is 5.73 Å². The molecule has 0 fully saturated rings. The largest absolute Gasteiger partial charge is 0.375 e. The minimum Gasteiger partial charge on any atom is -0.375 e. The van der Waals surface area contributed by atoms with E-state index in [1.165, 1.54) is 11.3 Å². The van der Waals surface area contributed by atoms with Crippen molar-refractivity contribution in [1.29, 1.82) is 0 Å². The van der Waals surface area contributed by atoms with E-state index >= 15 is 0 Å². The summed E-state index contributed by atoms with van der Waals surface area (Å²) in [6, 6.07) is 3.92. The summed E-state index contributed by atoms with van der Waals surface area (Å²) in [6.07, 6.45) is 3.31. The van der Waals surface area contributed by atoms with Gasteiger partial charge in [-0.15, -0.1) is 11.3 Å². The van der Waals surface area contributed by atoms with E-state index in [1.54, 1.807) is 0 Å². The molecule has 0 aromatic carbocycles. The smallest absolute Gasteiger partial charge is 0.260 e. The van der Waals surface area contributed by atoms with Crippen molar-refractivity contribution in [3.63, 3.8) is 0 Å². The van der Waals surface area contributed by atoms with Gasteiger partial charge in [0.15, 0.2) is 5.13 Å². The van der Waals surface area contributed by atoms with Crippen molar-refractivity contribution in [3.05, 3.63) is 33.6 Å². The second-order valence-corrected chi connectivity index (χ2v) is 6.45.